The fraction of sp³-hybridized carbons (Fsp3) is 0.429. The summed E-state index contributed by atoms with van der Waals surface area (Å²) in [7, 11) is 1.58. The third kappa shape index (κ3) is 1.78. The van der Waals surface area contributed by atoms with Gasteiger partial charge in [0.05, 0.1) is 7.11 Å². The summed E-state index contributed by atoms with van der Waals surface area (Å²) in [6.45, 7) is 3.70. The number of ketones is 1. The minimum atomic E-state index is -1.17. The first-order valence-corrected chi connectivity index (χ1v) is 5.86. The van der Waals surface area contributed by atoms with Crippen molar-refractivity contribution in [1.82, 2.24) is 0 Å². The first-order chi connectivity index (χ1) is 8.42. The van der Waals surface area contributed by atoms with Gasteiger partial charge in [0.2, 0.25) is 0 Å². The number of ether oxygens (including phenoxy) is 1. The fourth-order valence-electron chi connectivity index (χ4n) is 2.34. The number of hydrogen-bond acceptors (Lipinski definition) is 3. The molecule has 18 heavy (non-hydrogen) atoms. The van der Waals surface area contributed by atoms with Gasteiger partial charge >= 0.3 is 5.97 Å². The van der Waals surface area contributed by atoms with E-state index in [0.717, 1.165) is 16.9 Å². The average Bonchev–Trinajstić information content (AvgIpc) is 3.08. The summed E-state index contributed by atoms with van der Waals surface area (Å²) >= 11 is 0. The van der Waals surface area contributed by atoms with E-state index in [4.69, 9.17) is 9.84 Å². The van der Waals surface area contributed by atoms with E-state index in [-0.39, 0.29) is 5.78 Å². The predicted molar refractivity (Wildman–Crippen MR) is 66.1 cm³/mol. The minimum absolute atomic E-state index is 0.288. The third-order valence-electron chi connectivity index (χ3n) is 3.52. The number of Topliss-reactive ketones (excluding diaryl/α,β-unsaturated/α-hetero) is 1. The summed E-state index contributed by atoms with van der Waals surface area (Å²) in [6, 6.07) is 3.41. The zero-order chi connectivity index (χ0) is 13.5. The van der Waals surface area contributed by atoms with E-state index in [2.05, 4.69) is 0 Å². The van der Waals surface area contributed by atoms with Crippen molar-refractivity contribution in [1.29, 1.82) is 0 Å². The van der Waals surface area contributed by atoms with Crippen LogP contribution in [0.25, 0.3) is 0 Å². The Morgan fingerprint density at radius 1 is 1.22 bits per heavy atom. The Morgan fingerprint density at radius 3 is 2.06 bits per heavy atom. The number of methoxy groups -OCH3 is 1. The number of aryl methyl sites for hydroxylation is 2. The molecule has 0 atom stereocenters. The number of carbonyl (C=O) groups is 2. The quantitative estimate of drug-likeness (QED) is 0.656. The van der Waals surface area contributed by atoms with Gasteiger partial charge in [-0.05, 0) is 49.9 Å². The summed E-state index contributed by atoms with van der Waals surface area (Å²) in [5.74, 6) is -0.561. The average molecular weight is 248 g/mol. The Bertz CT molecular complexity index is 504. The summed E-state index contributed by atoms with van der Waals surface area (Å²) in [5.41, 5.74) is 0.989. The molecule has 4 nitrogen and oxygen atoms in total. The molecule has 1 aliphatic rings. The number of rotatable bonds is 4. The number of carboxylic acids is 1. The van der Waals surface area contributed by atoms with Crippen molar-refractivity contribution in [2.45, 2.75) is 26.7 Å². The molecule has 1 aromatic carbocycles. The van der Waals surface area contributed by atoms with Crippen LogP contribution >= 0.6 is 0 Å². The highest BCUT2D eigenvalue weighted by molar-refractivity contribution is 6.14. The van der Waals surface area contributed by atoms with Crippen LogP contribution in [0.5, 0.6) is 5.75 Å². The Balaban J connectivity index is 2.41. The van der Waals surface area contributed by atoms with E-state index in [1.54, 1.807) is 19.2 Å². The smallest absolute Gasteiger partial charge is 0.317 e. The van der Waals surface area contributed by atoms with Crippen molar-refractivity contribution in [2.75, 3.05) is 7.11 Å². The second kappa shape index (κ2) is 4.12. The second-order valence-corrected chi connectivity index (χ2v) is 4.86. The number of aliphatic carboxylic acids is 1. The van der Waals surface area contributed by atoms with Crippen LogP contribution in [0.2, 0.25) is 0 Å². The van der Waals surface area contributed by atoms with E-state index in [1.807, 2.05) is 13.8 Å². The molecular formula is C14H16O4. The lowest BCUT2D eigenvalue weighted by Crippen LogP contribution is -2.25. The minimum Gasteiger partial charge on any atom is -0.496 e. The van der Waals surface area contributed by atoms with Gasteiger partial charge in [0.25, 0.3) is 0 Å². The van der Waals surface area contributed by atoms with Crippen molar-refractivity contribution in [2.24, 2.45) is 5.41 Å². The van der Waals surface area contributed by atoms with Gasteiger partial charge in [-0.2, -0.15) is 0 Å². The largest absolute Gasteiger partial charge is 0.496 e. The second-order valence-electron chi connectivity index (χ2n) is 4.86. The van der Waals surface area contributed by atoms with Crippen LogP contribution in [-0.4, -0.2) is 24.0 Å². The fourth-order valence-corrected chi connectivity index (χ4v) is 2.34. The maximum atomic E-state index is 12.3. The molecule has 1 saturated carbocycles. The van der Waals surface area contributed by atoms with Gasteiger partial charge in [0.15, 0.2) is 5.78 Å². The topological polar surface area (TPSA) is 63.6 Å². The molecule has 4 heteroatoms. The number of carboxylic acid groups (broad SMARTS) is 1. The third-order valence-corrected chi connectivity index (χ3v) is 3.52. The van der Waals surface area contributed by atoms with Crippen LogP contribution in [0.1, 0.15) is 34.3 Å². The zero-order valence-electron chi connectivity index (χ0n) is 10.7. The molecule has 1 aliphatic carbocycles. The van der Waals surface area contributed by atoms with Crippen molar-refractivity contribution in [3.8, 4) is 5.75 Å². The molecule has 1 N–H and O–H groups in total. The van der Waals surface area contributed by atoms with Gasteiger partial charge in [-0.15, -0.1) is 0 Å². The normalized spacial score (nSPS) is 16.2. The van der Waals surface area contributed by atoms with E-state index in [9.17, 15) is 9.59 Å². The molecule has 96 valence electrons. The standard InChI is InChI=1S/C14H16O4/c1-8-6-10(7-9(2)11(8)18-3)12(15)14(4-5-14)13(16)17/h6-7H,4-5H2,1-3H3,(H,16,17). The lowest BCUT2D eigenvalue weighted by molar-refractivity contribution is -0.141. The summed E-state index contributed by atoms with van der Waals surface area (Å²) < 4.78 is 5.23. The number of hydrogen-bond donors (Lipinski definition) is 1. The highest BCUT2D eigenvalue weighted by atomic mass is 16.5. The molecule has 0 aromatic heterocycles. The van der Waals surface area contributed by atoms with Crippen molar-refractivity contribution >= 4 is 11.8 Å². The van der Waals surface area contributed by atoms with Crippen molar-refractivity contribution < 1.29 is 19.4 Å². The maximum absolute atomic E-state index is 12.3. The van der Waals surface area contributed by atoms with Gasteiger partial charge in [0.1, 0.15) is 11.2 Å². The summed E-state index contributed by atoms with van der Waals surface area (Å²) in [5, 5.41) is 9.13. The molecule has 0 bridgehead atoms. The lowest BCUT2D eigenvalue weighted by Gasteiger charge is -2.13. The SMILES string of the molecule is COc1c(C)cc(C(=O)C2(C(=O)O)CC2)cc1C. The van der Waals surface area contributed by atoms with Gasteiger partial charge in [-0.3, -0.25) is 9.59 Å². The summed E-state index contributed by atoms with van der Waals surface area (Å²) in [4.78, 5) is 23.4. The van der Waals surface area contributed by atoms with Crippen LogP contribution < -0.4 is 4.74 Å². The van der Waals surface area contributed by atoms with Crippen LogP contribution in [-0.2, 0) is 4.79 Å². The highest BCUT2D eigenvalue weighted by Crippen LogP contribution is 2.48. The Hall–Kier alpha value is -1.84. The molecule has 1 fully saturated rings. The summed E-state index contributed by atoms with van der Waals surface area (Å²) in [6.07, 6.45) is 0.872. The van der Waals surface area contributed by atoms with Gasteiger partial charge < -0.3 is 9.84 Å². The van der Waals surface area contributed by atoms with Crippen LogP contribution in [0.15, 0.2) is 12.1 Å². The van der Waals surface area contributed by atoms with Crippen molar-refractivity contribution in [3.05, 3.63) is 28.8 Å². The number of benzene rings is 1. The van der Waals surface area contributed by atoms with E-state index < -0.39 is 11.4 Å². The highest BCUT2D eigenvalue weighted by Gasteiger charge is 2.56. The predicted octanol–water partition coefficient (Wildman–Crippen LogP) is 2.36. The van der Waals surface area contributed by atoms with E-state index in [1.165, 1.54) is 0 Å². The molecule has 0 unspecified atom stereocenters. The molecule has 0 heterocycles. The Kier molecular flexibility index (Phi) is 2.89. The van der Waals surface area contributed by atoms with E-state index >= 15 is 0 Å². The van der Waals surface area contributed by atoms with Crippen molar-refractivity contribution in [3.63, 3.8) is 0 Å². The molecule has 0 saturated heterocycles. The van der Waals surface area contributed by atoms with Gasteiger partial charge in [-0.1, -0.05) is 0 Å². The van der Waals surface area contributed by atoms with Crippen LogP contribution in [0, 0.1) is 19.3 Å². The van der Waals surface area contributed by atoms with Crippen LogP contribution in [0.4, 0.5) is 0 Å². The molecule has 2 rings (SSSR count). The molecule has 0 aliphatic heterocycles. The van der Waals surface area contributed by atoms with E-state index in [0.29, 0.717) is 18.4 Å². The Morgan fingerprint density at radius 2 is 1.72 bits per heavy atom. The monoisotopic (exact) mass is 248 g/mol. The van der Waals surface area contributed by atoms with Gasteiger partial charge in [0, 0.05) is 5.56 Å². The zero-order valence-corrected chi connectivity index (χ0v) is 10.7. The maximum Gasteiger partial charge on any atom is 0.317 e. The lowest BCUT2D eigenvalue weighted by atomic mass is 9.92. The Labute approximate surface area is 106 Å². The first kappa shape index (κ1) is 12.6. The molecule has 0 amide bonds. The van der Waals surface area contributed by atoms with Crippen LogP contribution in [0.3, 0.4) is 0 Å². The molecule has 0 spiro atoms. The molecule has 0 radical (unpaired) electrons. The first-order valence-electron chi connectivity index (χ1n) is 5.86. The van der Waals surface area contributed by atoms with Gasteiger partial charge in [-0.25, -0.2) is 0 Å². The molecular weight excluding hydrogens is 232 g/mol. The molecule has 1 aromatic rings. The number of carbonyl (C=O) groups excluding carboxylic acids is 1.